The van der Waals surface area contributed by atoms with Crippen LogP contribution in [0.3, 0.4) is 0 Å². The fraction of sp³-hybridized carbons (Fsp3) is 0.562. The average molecular weight is 275 g/mol. The first-order valence-electron chi connectivity index (χ1n) is 7.36. The molecule has 0 bridgehead atoms. The Hall–Kier alpha value is -1.39. The van der Waals surface area contributed by atoms with Crippen LogP contribution in [0.2, 0.25) is 0 Å². The molecule has 4 heteroatoms. The SMILES string of the molecule is CNCC1CCN(CC(=O)NCc2ccc(C)cc2)C1. The minimum Gasteiger partial charge on any atom is -0.351 e. The van der Waals surface area contributed by atoms with Crippen LogP contribution >= 0.6 is 0 Å². The van der Waals surface area contributed by atoms with Crippen LogP contribution in [0.15, 0.2) is 24.3 Å². The van der Waals surface area contributed by atoms with Crippen molar-refractivity contribution in [2.45, 2.75) is 19.9 Å². The van der Waals surface area contributed by atoms with Crippen molar-refractivity contribution in [2.75, 3.05) is 33.2 Å². The minimum absolute atomic E-state index is 0.121. The number of carbonyl (C=O) groups is 1. The summed E-state index contributed by atoms with van der Waals surface area (Å²) in [7, 11) is 1.98. The highest BCUT2D eigenvalue weighted by Crippen LogP contribution is 2.14. The summed E-state index contributed by atoms with van der Waals surface area (Å²) in [4.78, 5) is 14.2. The third-order valence-corrected chi connectivity index (χ3v) is 3.84. The molecular formula is C16H25N3O. The summed E-state index contributed by atoms with van der Waals surface area (Å²) in [5, 5.41) is 6.20. The number of carbonyl (C=O) groups excluding carboxylic acids is 1. The van der Waals surface area contributed by atoms with Gasteiger partial charge in [0.1, 0.15) is 0 Å². The molecule has 1 unspecified atom stereocenters. The third-order valence-electron chi connectivity index (χ3n) is 3.84. The van der Waals surface area contributed by atoms with E-state index >= 15 is 0 Å². The molecule has 1 amide bonds. The van der Waals surface area contributed by atoms with Gasteiger partial charge >= 0.3 is 0 Å². The molecule has 1 aromatic rings. The summed E-state index contributed by atoms with van der Waals surface area (Å²) in [6, 6.07) is 8.28. The smallest absolute Gasteiger partial charge is 0.234 e. The largest absolute Gasteiger partial charge is 0.351 e. The summed E-state index contributed by atoms with van der Waals surface area (Å²) in [6.07, 6.45) is 1.19. The van der Waals surface area contributed by atoms with E-state index in [1.807, 2.05) is 7.05 Å². The van der Waals surface area contributed by atoms with Crippen molar-refractivity contribution in [3.05, 3.63) is 35.4 Å². The fourth-order valence-corrected chi connectivity index (χ4v) is 2.68. The van der Waals surface area contributed by atoms with E-state index in [0.717, 1.165) is 25.2 Å². The van der Waals surface area contributed by atoms with E-state index in [2.05, 4.69) is 46.7 Å². The van der Waals surface area contributed by atoms with E-state index in [-0.39, 0.29) is 5.91 Å². The Labute approximate surface area is 121 Å². The molecule has 0 spiro atoms. The molecule has 0 aliphatic carbocycles. The van der Waals surface area contributed by atoms with Gasteiger partial charge in [-0.05, 0) is 45.0 Å². The van der Waals surface area contributed by atoms with Gasteiger partial charge in [-0.2, -0.15) is 0 Å². The van der Waals surface area contributed by atoms with Gasteiger partial charge in [-0.1, -0.05) is 29.8 Å². The van der Waals surface area contributed by atoms with E-state index in [9.17, 15) is 4.79 Å². The Bertz CT molecular complexity index is 430. The molecule has 1 aromatic carbocycles. The predicted molar refractivity (Wildman–Crippen MR) is 81.5 cm³/mol. The van der Waals surface area contributed by atoms with Crippen molar-refractivity contribution in [3.8, 4) is 0 Å². The highest BCUT2D eigenvalue weighted by molar-refractivity contribution is 5.78. The molecule has 1 heterocycles. The number of aryl methyl sites for hydroxylation is 1. The number of nitrogens with zero attached hydrogens (tertiary/aromatic N) is 1. The van der Waals surface area contributed by atoms with Crippen molar-refractivity contribution in [2.24, 2.45) is 5.92 Å². The second-order valence-corrected chi connectivity index (χ2v) is 5.71. The second kappa shape index (κ2) is 7.41. The van der Waals surface area contributed by atoms with Crippen LogP contribution in [0.4, 0.5) is 0 Å². The molecule has 4 nitrogen and oxygen atoms in total. The van der Waals surface area contributed by atoms with Gasteiger partial charge in [0.2, 0.25) is 5.91 Å². The Morgan fingerprint density at radius 1 is 1.35 bits per heavy atom. The molecule has 1 saturated heterocycles. The zero-order chi connectivity index (χ0) is 14.4. The van der Waals surface area contributed by atoms with Crippen molar-refractivity contribution in [3.63, 3.8) is 0 Å². The number of hydrogen-bond acceptors (Lipinski definition) is 3. The number of hydrogen-bond donors (Lipinski definition) is 2. The first-order chi connectivity index (χ1) is 9.67. The molecule has 1 atom stereocenters. The first kappa shape index (κ1) is 15.0. The lowest BCUT2D eigenvalue weighted by Crippen LogP contribution is -2.36. The average Bonchev–Trinajstić information content (AvgIpc) is 2.86. The number of rotatable bonds is 6. The summed E-state index contributed by atoms with van der Waals surface area (Å²) < 4.78 is 0. The monoisotopic (exact) mass is 275 g/mol. The fourth-order valence-electron chi connectivity index (χ4n) is 2.68. The Morgan fingerprint density at radius 2 is 2.10 bits per heavy atom. The Balaban J connectivity index is 1.69. The molecule has 1 aliphatic rings. The summed E-state index contributed by atoms with van der Waals surface area (Å²) in [6.45, 7) is 6.31. The van der Waals surface area contributed by atoms with Gasteiger partial charge in [0.05, 0.1) is 6.54 Å². The van der Waals surface area contributed by atoms with E-state index in [1.165, 1.54) is 12.0 Å². The number of benzene rings is 1. The molecule has 1 aliphatic heterocycles. The molecule has 110 valence electrons. The second-order valence-electron chi connectivity index (χ2n) is 5.71. The standard InChI is InChI=1S/C16H25N3O/c1-13-3-5-14(6-4-13)10-18-16(20)12-19-8-7-15(11-19)9-17-2/h3-6,15,17H,7-12H2,1-2H3,(H,18,20). The first-order valence-corrected chi connectivity index (χ1v) is 7.36. The highest BCUT2D eigenvalue weighted by Gasteiger charge is 2.23. The summed E-state index contributed by atoms with van der Waals surface area (Å²) in [5.41, 5.74) is 2.39. The van der Waals surface area contributed by atoms with E-state index in [0.29, 0.717) is 19.0 Å². The topological polar surface area (TPSA) is 44.4 Å². The van der Waals surface area contributed by atoms with Crippen molar-refractivity contribution in [1.29, 1.82) is 0 Å². The van der Waals surface area contributed by atoms with Gasteiger partial charge < -0.3 is 10.6 Å². The molecule has 2 rings (SSSR count). The quantitative estimate of drug-likeness (QED) is 0.818. The molecule has 0 aromatic heterocycles. The van der Waals surface area contributed by atoms with Gasteiger partial charge in [-0.3, -0.25) is 9.69 Å². The van der Waals surface area contributed by atoms with Crippen molar-refractivity contribution < 1.29 is 4.79 Å². The maximum Gasteiger partial charge on any atom is 0.234 e. The zero-order valence-electron chi connectivity index (χ0n) is 12.5. The highest BCUT2D eigenvalue weighted by atomic mass is 16.2. The summed E-state index contributed by atoms with van der Waals surface area (Å²) in [5.74, 6) is 0.806. The lowest BCUT2D eigenvalue weighted by Gasteiger charge is -2.15. The van der Waals surface area contributed by atoms with Gasteiger partial charge in [-0.15, -0.1) is 0 Å². The third kappa shape index (κ3) is 4.62. The number of likely N-dealkylation sites (tertiary alicyclic amines) is 1. The normalized spacial score (nSPS) is 19.2. The van der Waals surface area contributed by atoms with Crippen LogP contribution in [-0.4, -0.2) is 44.0 Å². The molecule has 0 saturated carbocycles. The molecule has 2 N–H and O–H groups in total. The minimum atomic E-state index is 0.121. The van der Waals surface area contributed by atoms with Crippen LogP contribution in [0, 0.1) is 12.8 Å². The molecule has 1 fully saturated rings. The number of amides is 1. The van der Waals surface area contributed by atoms with Crippen LogP contribution < -0.4 is 10.6 Å². The lowest BCUT2D eigenvalue weighted by molar-refractivity contribution is -0.122. The molecule has 0 radical (unpaired) electrons. The Kier molecular flexibility index (Phi) is 5.56. The van der Waals surface area contributed by atoms with E-state index < -0.39 is 0 Å². The maximum atomic E-state index is 11.9. The lowest BCUT2D eigenvalue weighted by atomic mass is 10.1. The van der Waals surface area contributed by atoms with Gasteiger partial charge in [0, 0.05) is 13.1 Å². The van der Waals surface area contributed by atoms with Crippen LogP contribution in [0.1, 0.15) is 17.5 Å². The Morgan fingerprint density at radius 3 is 2.80 bits per heavy atom. The number of nitrogens with one attached hydrogen (secondary N) is 2. The maximum absolute atomic E-state index is 11.9. The zero-order valence-corrected chi connectivity index (χ0v) is 12.5. The molecular weight excluding hydrogens is 250 g/mol. The van der Waals surface area contributed by atoms with Crippen molar-refractivity contribution in [1.82, 2.24) is 15.5 Å². The van der Waals surface area contributed by atoms with Gasteiger partial charge in [-0.25, -0.2) is 0 Å². The van der Waals surface area contributed by atoms with Gasteiger partial charge in [0.25, 0.3) is 0 Å². The van der Waals surface area contributed by atoms with Crippen LogP contribution in [-0.2, 0) is 11.3 Å². The van der Waals surface area contributed by atoms with Crippen LogP contribution in [0.5, 0.6) is 0 Å². The summed E-state index contributed by atoms with van der Waals surface area (Å²) >= 11 is 0. The van der Waals surface area contributed by atoms with Crippen LogP contribution in [0.25, 0.3) is 0 Å². The van der Waals surface area contributed by atoms with Gasteiger partial charge in [0.15, 0.2) is 0 Å². The van der Waals surface area contributed by atoms with Crippen molar-refractivity contribution >= 4 is 5.91 Å². The van der Waals surface area contributed by atoms with E-state index in [1.54, 1.807) is 0 Å². The van der Waals surface area contributed by atoms with E-state index in [4.69, 9.17) is 0 Å². The predicted octanol–water partition coefficient (Wildman–Crippen LogP) is 1.15. The molecule has 20 heavy (non-hydrogen) atoms.